The van der Waals surface area contributed by atoms with Gasteiger partial charge in [-0.25, -0.2) is 8.42 Å². The van der Waals surface area contributed by atoms with Crippen molar-refractivity contribution in [2.24, 2.45) is 5.41 Å². The van der Waals surface area contributed by atoms with Crippen LogP contribution in [0.25, 0.3) is 0 Å². The van der Waals surface area contributed by atoms with Gasteiger partial charge in [-0.2, -0.15) is 4.31 Å². The Bertz CT molecular complexity index is 597. The van der Waals surface area contributed by atoms with E-state index in [1.165, 1.54) is 0 Å². The molecule has 5 heteroatoms. The maximum Gasteiger partial charge on any atom is 0.243 e. The zero-order chi connectivity index (χ0) is 15.7. The second-order valence-electron chi connectivity index (χ2n) is 6.13. The third-order valence-corrected chi connectivity index (χ3v) is 7.07. The minimum absolute atomic E-state index is 0.311. The van der Waals surface area contributed by atoms with Crippen molar-refractivity contribution in [2.75, 3.05) is 18.8 Å². The molecular formula is C16H26N2O2S. The number of sulfonamides is 1. The molecule has 1 aliphatic heterocycles. The molecule has 0 unspecified atom stereocenters. The summed E-state index contributed by atoms with van der Waals surface area (Å²) in [6.07, 6.45) is 4.13. The van der Waals surface area contributed by atoms with Gasteiger partial charge in [0.1, 0.15) is 0 Å². The molecule has 1 fully saturated rings. The molecule has 0 atom stereocenters. The van der Waals surface area contributed by atoms with Crippen molar-refractivity contribution in [2.45, 2.75) is 51.3 Å². The van der Waals surface area contributed by atoms with Crippen molar-refractivity contribution in [1.82, 2.24) is 4.31 Å². The van der Waals surface area contributed by atoms with Crippen molar-refractivity contribution < 1.29 is 8.42 Å². The monoisotopic (exact) mass is 310 g/mol. The van der Waals surface area contributed by atoms with Gasteiger partial charge in [0.15, 0.2) is 0 Å². The lowest BCUT2D eigenvalue weighted by Crippen LogP contribution is -2.42. The van der Waals surface area contributed by atoms with Gasteiger partial charge < -0.3 is 5.73 Å². The van der Waals surface area contributed by atoms with Gasteiger partial charge in [0.25, 0.3) is 0 Å². The van der Waals surface area contributed by atoms with E-state index in [9.17, 15) is 8.42 Å². The van der Waals surface area contributed by atoms with Gasteiger partial charge in [-0.05, 0) is 42.9 Å². The first-order chi connectivity index (χ1) is 9.84. The fourth-order valence-corrected chi connectivity index (χ4v) is 4.56. The zero-order valence-electron chi connectivity index (χ0n) is 13.2. The second kappa shape index (κ2) is 5.97. The fourth-order valence-electron chi connectivity index (χ4n) is 3.09. The van der Waals surface area contributed by atoms with Gasteiger partial charge in [0.2, 0.25) is 10.0 Å². The Morgan fingerprint density at radius 2 is 1.76 bits per heavy atom. The van der Waals surface area contributed by atoms with E-state index in [1.54, 1.807) is 22.5 Å². The summed E-state index contributed by atoms with van der Waals surface area (Å²) >= 11 is 0. The van der Waals surface area contributed by atoms with Gasteiger partial charge in [-0.3, -0.25) is 0 Å². The van der Waals surface area contributed by atoms with Crippen LogP contribution in [0, 0.1) is 12.3 Å². The lowest BCUT2D eigenvalue weighted by atomic mass is 9.75. The van der Waals surface area contributed by atoms with Crippen molar-refractivity contribution in [3.63, 3.8) is 0 Å². The SMILES string of the molecule is CCC1(CC)CCN(S(=O)(=O)c2ccc(C)c(N)c2)CC1. The average Bonchev–Trinajstić information content (AvgIpc) is 2.50. The normalized spacial score (nSPS) is 19.6. The van der Waals surface area contributed by atoms with E-state index in [1.807, 2.05) is 6.92 Å². The Morgan fingerprint density at radius 3 is 2.24 bits per heavy atom. The lowest BCUT2D eigenvalue weighted by molar-refractivity contribution is 0.141. The van der Waals surface area contributed by atoms with E-state index in [0.717, 1.165) is 31.2 Å². The molecule has 0 aliphatic carbocycles. The highest BCUT2D eigenvalue weighted by molar-refractivity contribution is 7.89. The Labute approximate surface area is 128 Å². The second-order valence-corrected chi connectivity index (χ2v) is 8.07. The molecule has 4 nitrogen and oxygen atoms in total. The van der Waals surface area contributed by atoms with Crippen molar-refractivity contribution >= 4 is 15.7 Å². The molecule has 2 N–H and O–H groups in total. The molecule has 0 bridgehead atoms. The van der Waals surface area contributed by atoms with Crippen LogP contribution < -0.4 is 5.73 Å². The topological polar surface area (TPSA) is 63.4 Å². The van der Waals surface area contributed by atoms with Crippen LogP contribution in [-0.2, 0) is 10.0 Å². The third-order valence-electron chi connectivity index (χ3n) is 5.17. The van der Waals surface area contributed by atoms with Gasteiger partial charge >= 0.3 is 0 Å². The molecule has 0 aromatic heterocycles. The highest BCUT2D eigenvalue weighted by Crippen LogP contribution is 2.39. The first kappa shape index (κ1) is 16.3. The molecule has 1 heterocycles. The molecule has 1 aromatic carbocycles. The minimum Gasteiger partial charge on any atom is -0.398 e. The van der Waals surface area contributed by atoms with E-state index in [4.69, 9.17) is 5.73 Å². The molecule has 2 rings (SSSR count). The van der Waals surface area contributed by atoms with Crippen molar-refractivity contribution in [3.05, 3.63) is 23.8 Å². The lowest BCUT2D eigenvalue weighted by Gasteiger charge is -2.40. The predicted molar refractivity (Wildman–Crippen MR) is 86.6 cm³/mol. The summed E-state index contributed by atoms with van der Waals surface area (Å²) < 4.78 is 27.0. The Kier molecular flexibility index (Phi) is 4.63. The van der Waals surface area contributed by atoms with Crippen LogP contribution >= 0.6 is 0 Å². The number of aryl methyl sites for hydroxylation is 1. The summed E-state index contributed by atoms with van der Waals surface area (Å²) in [5.41, 5.74) is 7.61. The van der Waals surface area contributed by atoms with E-state index in [2.05, 4.69) is 13.8 Å². The summed E-state index contributed by atoms with van der Waals surface area (Å²) in [5.74, 6) is 0. The number of hydrogen-bond acceptors (Lipinski definition) is 3. The Balaban J connectivity index is 2.20. The van der Waals surface area contributed by atoms with Crippen LogP contribution in [0.1, 0.15) is 45.1 Å². The number of piperidine rings is 1. The Hall–Kier alpha value is -1.07. The molecule has 21 heavy (non-hydrogen) atoms. The average molecular weight is 310 g/mol. The van der Waals surface area contributed by atoms with Crippen LogP contribution in [0.3, 0.4) is 0 Å². The third kappa shape index (κ3) is 3.09. The number of hydrogen-bond donors (Lipinski definition) is 1. The molecular weight excluding hydrogens is 284 g/mol. The van der Waals surface area contributed by atoms with Gasteiger partial charge in [-0.15, -0.1) is 0 Å². The molecule has 118 valence electrons. The van der Waals surface area contributed by atoms with Crippen LogP contribution in [0.2, 0.25) is 0 Å². The maximum absolute atomic E-state index is 12.7. The number of nitrogens with zero attached hydrogens (tertiary/aromatic N) is 1. The number of benzene rings is 1. The summed E-state index contributed by atoms with van der Waals surface area (Å²) in [4.78, 5) is 0.311. The molecule has 0 radical (unpaired) electrons. The fraction of sp³-hybridized carbons (Fsp3) is 0.625. The maximum atomic E-state index is 12.7. The zero-order valence-corrected chi connectivity index (χ0v) is 14.0. The summed E-state index contributed by atoms with van der Waals surface area (Å²) in [5, 5.41) is 0. The van der Waals surface area contributed by atoms with Crippen LogP contribution in [-0.4, -0.2) is 25.8 Å². The first-order valence-corrected chi connectivity index (χ1v) is 9.15. The first-order valence-electron chi connectivity index (χ1n) is 7.71. The van der Waals surface area contributed by atoms with E-state index in [-0.39, 0.29) is 0 Å². The van der Waals surface area contributed by atoms with E-state index >= 15 is 0 Å². The molecule has 1 aliphatic rings. The standard InChI is InChI=1S/C16H26N2O2S/c1-4-16(5-2)8-10-18(11-9-16)21(19,20)14-7-6-13(3)15(17)12-14/h6-7,12H,4-5,8-11,17H2,1-3H3. The number of nitrogens with two attached hydrogens (primary N) is 1. The largest absolute Gasteiger partial charge is 0.398 e. The van der Waals surface area contributed by atoms with Crippen molar-refractivity contribution in [3.8, 4) is 0 Å². The van der Waals surface area contributed by atoms with Crippen LogP contribution in [0.4, 0.5) is 5.69 Å². The molecule has 1 saturated heterocycles. The number of anilines is 1. The minimum atomic E-state index is -3.41. The van der Waals surface area contributed by atoms with Crippen LogP contribution in [0.5, 0.6) is 0 Å². The molecule has 0 spiro atoms. The summed E-state index contributed by atoms with van der Waals surface area (Å²) in [6.45, 7) is 7.50. The Morgan fingerprint density at radius 1 is 1.19 bits per heavy atom. The summed E-state index contributed by atoms with van der Waals surface area (Å²) in [7, 11) is -3.41. The van der Waals surface area contributed by atoms with Gasteiger partial charge in [0.05, 0.1) is 4.90 Å². The van der Waals surface area contributed by atoms with Gasteiger partial charge in [-0.1, -0.05) is 32.8 Å². The number of nitrogen functional groups attached to an aromatic ring is 1. The van der Waals surface area contributed by atoms with E-state index < -0.39 is 10.0 Å². The highest BCUT2D eigenvalue weighted by atomic mass is 32.2. The molecule has 0 saturated carbocycles. The highest BCUT2D eigenvalue weighted by Gasteiger charge is 2.36. The summed E-state index contributed by atoms with van der Waals surface area (Å²) in [6, 6.07) is 5.00. The quantitative estimate of drug-likeness (QED) is 0.869. The smallest absolute Gasteiger partial charge is 0.243 e. The molecule has 1 aromatic rings. The number of rotatable bonds is 4. The van der Waals surface area contributed by atoms with E-state index in [0.29, 0.717) is 29.1 Å². The predicted octanol–water partition coefficient (Wildman–Crippen LogP) is 3.17. The molecule has 0 amide bonds. The van der Waals surface area contributed by atoms with Gasteiger partial charge in [0, 0.05) is 18.8 Å². The van der Waals surface area contributed by atoms with Crippen molar-refractivity contribution in [1.29, 1.82) is 0 Å². The van der Waals surface area contributed by atoms with Crippen LogP contribution in [0.15, 0.2) is 23.1 Å².